The van der Waals surface area contributed by atoms with Gasteiger partial charge in [0.1, 0.15) is 0 Å². The van der Waals surface area contributed by atoms with Gasteiger partial charge >= 0.3 is 0 Å². The largest absolute Gasteiger partial charge is 0.334 e. The molecular weight excluding hydrogens is 450 g/mol. The van der Waals surface area contributed by atoms with Gasteiger partial charge in [0.2, 0.25) is 16.0 Å². The molecule has 174 valence electrons. The van der Waals surface area contributed by atoms with E-state index in [4.69, 9.17) is 0 Å². The predicted molar refractivity (Wildman–Crippen MR) is 132 cm³/mol. The van der Waals surface area contributed by atoms with Gasteiger partial charge in [-0.25, -0.2) is 27.6 Å². The van der Waals surface area contributed by atoms with Crippen molar-refractivity contribution in [2.45, 2.75) is 31.2 Å². The number of aryl methyl sites for hydroxylation is 1. The summed E-state index contributed by atoms with van der Waals surface area (Å²) < 4.78 is 32.1. The highest BCUT2D eigenvalue weighted by Gasteiger charge is 2.22. The highest BCUT2D eigenvalue weighted by molar-refractivity contribution is 7.89. The maximum Gasteiger partial charge on any atom is 0.245 e. The molecule has 2 aromatic carbocycles. The lowest BCUT2D eigenvalue weighted by molar-refractivity contribution is 0.491. The van der Waals surface area contributed by atoms with Crippen molar-refractivity contribution in [3.63, 3.8) is 0 Å². The smallest absolute Gasteiger partial charge is 0.245 e. The van der Waals surface area contributed by atoms with E-state index in [1.807, 2.05) is 68.8 Å². The van der Waals surface area contributed by atoms with Gasteiger partial charge in [0.05, 0.1) is 39.7 Å². The van der Waals surface area contributed by atoms with Gasteiger partial charge in [-0.2, -0.15) is 0 Å². The van der Waals surface area contributed by atoms with Crippen molar-refractivity contribution in [2.75, 3.05) is 5.32 Å². The van der Waals surface area contributed by atoms with Crippen LogP contribution in [0.15, 0.2) is 72.0 Å². The lowest BCUT2D eigenvalue weighted by Crippen LogP contribution is -2.40. The molecular formula is C24H25N7O2S. The normalized spacial score (nSPS) is 12.5. The Morgan fingerprint density at radius 1 is 0.971 bits per heavy atom. The number of hydrogen-bond donors (Lipinski definition) is 2. The maximum atomic E-state index is 12.8. The van der Waals surface area contributed by atoms with E-state index in [0.717, 1.165) is 33.5 Å². The van der Waals surface area contributed by atoms with E-state index in [1.165, 1.54) is 0 Å². The van der Waals surface area contributed by atoms with Crippen molar-refractivity contribution in [2.24, 2.45) is 7.05 Å². The topological polar surface area (TPSA) is 106 Å². The van der Waals surface area contributed by atoms with Gasteiger partial charge in [0.25, 0.3) is 0 Å². The standard InChI is InChI=1S/C24H25N7O2S/c1-24(2,3)29-34(32,33)19-7-5-6-16(12-19)21-11-9-18-14-25-23(28-31(18)21)27-17-8-10-22-20(13-17)26-15-30(22)4/h5-15,29H,1-4H3,(H,27,28). The van der Waals surface area contributed by atoms with Crippen LogP contribution in [0.5, 0.6) is 0 Å². The summed E-state index contributed by atoms with van der Waals surface area (Å²) >= 11 is 0. The van der Waals surface area contributed by atoms with Crippen LogP contribution in [-0.4, -0.2) is 38.1 Å². The van der Waals surface area contributed by atoms with E-state index in [0.29, 0.717) is 5.95 Å². The second kappa shape index (κ2) is 7.93. The van der Waals surface area contributed by atoms with Crippen LogP contribution in [0.25, 0.3) is 27.8 Å². The molecule has 0 amide bonds. The number of anilines is 2. The second-order valence-corrected chi connectivity index (χ2v) is 10.9. The first-order chi connectivity index (χ1) is 16.1. The third kappa shape index (κ3) is 4.25. The third-order valence-electron chi connectivity index (χ3n) is 5.26. The van der Waals surface area contributed by atoms with E-state index < -0.39 is 15.6 Å². The molecule has 0 saturated heterocycles. The predicted octanol–water partition coefficient (Wildman–Crippen LogP) is 4.10. The second-order valence-electron chi connectivity index (χ2n) is 9.20. The van der Waals surface area contributed by atoms with Crippen LogP contribution in [0.3, 0.4) is 0 Å². The number of imidazole rings is 1. The van der Waals surface area contributed by atoms with E-state index in [-0.39, 0.29) is 4.90 Å². The molecule has 5 rings (SSSR count). The number of nitrogens with one attached hydrogen (secondary N) is 2. The number of rotatable bonds is 5. The summed E-state index contributed by atoms with van der Waals surface area (Å²) in [6, 6.07) is 16.5. The fourth-order valence-corrected chi connectivity index (χ4v) is 5.27. The maximum absolute atomic E-state index is 12.8. The molecule has 3 aromatic heterocycles. The molecule has 0 atom stereocenters. The van der Waals surface area contributed by atoms with Crippen molar-refractivity contribution in [3.05, 3.63) is 67.1 Å². The molecule has 0 bridgehead atoms. The highest BCUT2D eigenvalue weighted by atomic mass is 32.2. The number of fused-ring (bicyclic) bond motifs is 2. The number of benzene rings is 2. The molecule has 0 unspecified atom stereocenters. The summed E-state index contributed by atoms with van der Waals surface area (Å²) in [5.74, 6) is 0.415. The first kappa shape index (κ1) is 22.1. The van der Waals surface area contributed by atoms with Crippen LogP contribution in [0.2, 0.25) is 0 Å². The lowest BCUT2D eigenvalue weighted by Gasteiger charge is -2.20. The molecule has 0 aliphatic heterocycles. The molecule has 5 aromatic rings. The van der Waals surface area contributed by atoms with Gasteiger partial charge in [-0.1, -0.05) is 12.1 Å². The summed E-state index contributed by atoms with van der Waals surface area (Å²) in [7, 11) is -1.71. The third-order valence-corrected chi connectivity index (χ3v) is 7.02. The summed E-state index contributed by atoms with van der Waals surface area (Å²) in [6.07, 6.45) is 3.49. The van der Waals surface area contributed by atoms with E-state index in [2.05, 4.69) is 25.1 Å². The number of sulfonamides is 1. The van der Waals surface area contributed by atoms with Gasteiger partial charge < -0.3 is 9.88 Å². The Morgan fingerprint density at radius 3 is 2.59 bits per heavy atom. The molecule has 10 heteroatoms. The Balaban J connectivity index is 1.50. The van der Waals surface area contributed by atoms with Crippen molar-refractivity contribution < 1.29 is 8.42 Å². The number of aromatic nitrogens is 5. The molecule has 0 spiro atoms. The van der Waals surface area contributed by atoms with Gasteiger partial charge in [-0.05, 0) is 63.2 Å². The fraction of sp³-hybridized carbons (Fsp3) is 0.208. The zero-order chi connectivity index (χ0) is 24.1. The molecule has 34 heavy (non-hydrogen) atoms. The Kier molecular flexibility index (Phi) is 5.14. The first-order valence-corrected chi connectivity index (χ1v) is 12.2. The van der Waals surface area contributed by atoms with Crippen molar-refractivity contribution >= 4 is 38.2 Å². The number of hydrogen-bond acceptors (Lipinski definition) is 6. The molecule has 0 radical (unpaired) electrons. The van der Waals surface area contributed by atoms with Crippen LogP contribution in [0, 0.1) is 0 Å². The average molecular weight is 476 g/mol. The van der Waals surface area contributed by atoms with Crippen LogP contribution in [0.1, 0.15) is 20.8 Å². The average Bonchev–Trinajstić information content (AvgIpc) is 3.35. The molecule has 3 heterocycles. The molecule has 0 fully saturated rings. The van der Waals surface area contributed by atoms with Crippen molar-refractivity contribution in [1.82, 2.24) is 28.9 Å². The van der Waals surface area contributed by atoms with Crippen molar-refractivity contribution in [3.8, 4) is 11.3 Å². The highest BCUT2D eigenvalue weighted by Crippen LogP contribution is 2.26. The lowest BCUT2D eigenvalue weighted by atomic mass is 10.1. The van der Waals surface area contributed by atoms with E-state index in [1.54, 1.807) is 35.2 Å². The minimum absolute atomic E-state index is 0.200. The number of nitrogens with zero attached hydrogens (tertiary/aromatic N) is 5. The fourth-order valence-electron chi connectivity index (χ4n) is 3.81. The summed E-state index contributed by atoms with van der Waals surface area (Å²) in [6.45, 7) is 5.43. The molecule has 0 aliphatic carbocycles. The Morgan fingerprint density at radius 2 is 1.79 bits per heavy atom. The molecule has 2 N–H and O–H groups in total. The minimum atomic E-state index is -3.66. The Bertz CT molecular complexity index is 1630. The molecule has 0 aliphatic rings. The Hall–Kier alpha value is -3.76. The van der Waals surface area contributed by atoms with Gasteiger partial charge in [-0.15, -0.1) is 5.10 Å². The van der Waals surface area contributed by atoms with Crippen LogP contribution >= 0.6 is 0 Å². The van der Waals surface area contributed by atoms with Gasteiger partial charge in [0.15, 0.2) is 0 Å². The zero-order valence-electron chi connectivity index (χ0n) is 19.3. The minimum Gasteiger partial charge on any atom is -0.334 e. The molecule has 0 saturated carbocycles. The van der Waals surface area contributed by atoms with Gasteiger partial charge in [-0.3, -0.25) is 0 Å². The SMILES string of the molecule is Cn1cnc2cc(Nc3ncc4ccc(-c5cccc(S(=O)(=O)NC(C)(C)C)c5)n4n3)ccc21. The van der Waals surface area contributed by atoms with Crippen LogP contribution in [-0.2, 0) is 17.1 Å². The van der Waals surface area contributed by atoms with E-state index in [9.17, 15) is 8.42 Å². The van der Waals surface area contributed by atoms with Crippen LogP contribution < -0.4 is 10.0 Å². The monoisotopic (exact) mass is 475 g/mol. The van der Waals surface area contributed by atoms with E-state index >= 15 is 0 Å². The molecule has 9 nitrogen and oxygen atoms in total. The first-order valence-electron chi connectivity index (χ1n) is 10.8. The van der Waals surface area contributed by atoms with Crippen molar-refractivity contribution in [1.29, 1.82) is 0 Å². The van der Waals surface area contributed by atoms with Crippen LogP contribution in [0.4, 0.5) is 11.6 Å². The van der Waals surface area contributed by atoms with Gasteiger partial charge in [0, 0.05) is 23.8 Å². The summed E-state index contributed by atoms with van der Waals surface area (Å²) in [5.41, 5.74) is 4.43. The summed E-state index contributed by atoms with van der Waals surface area (Å²) in [4.78, 5) is 9.01. The zero-order valence-corrected chi connectivity index (χ0v) is 20.1. The summed E-state index contributed by atoms with van der Waals surface area (Å²) in [5, 5.41) is 7.88. The quantitative estimate of drug-likeness (QED) is 0.396. The Labute approximate surface area is 197 Å².